The first kappa shape index (κ1) is 40.5. The molecule has 0 unspecified atom stereocenters. The summed E-state index contributed by atoms with van der Waals surface area (Å²) in [5, 5.41) is 10.4. The standard InChI is InChI=1S/C66H46N2Si/c1-6-19-47(20-7-1)48-21-18-22-49(43-48)52-33-40-60-62-45-51(50-34-41-64-61(44-50)59-31-16-17-32-63(59)67(64)53-23-8-2-9-24-53)35-42-65(62)68(66(60)46-52)54-36-38-58(39-37-54)69(55-25-10-3-11-26-55,56-27-12-4-13-28-56)57-29-14-5-15-30-57/h1-46H. The van der Waals surface area contributed by atoms with Crippen molar-refractivity contribution in [3.63, 3.8) is 0 Å². The van der Waals surface area contributed by atoms with Gasteiger partial charge in [-0.25, -0.2) is 0 Å². The molecule has 0 spiro atoms. The topological polar surface area (TPSA) is 9.86 Å². The van der Waals surface area contributed by atoms with Gasteiger partial charge in [-0.2, -0.15) is 0 Å². The van der Waals surface area contributed by atoms with Crippen molar-refractivity contribution in [2.75, 3.05) is 0 Å². The molecule has 0 aliphatic rings. The van der Waals surface area contributed by atoms with Crippen LogP contribution < -0.4 is 20.7 Å². The average molecular weight is 895 g/mol. The van der Waals surface area contributed by atoms with Gasteiger partial charge in [-0.1, -0.05) is 212 Å². The minimum absolute atomic E-state index is 1.13. The van der Waals surface area contributed by atoms with Gasteiger partial charge in [-0.05, 0) is 121 Å². The number of nitrogens with zero attached hydrogens (tertiary/aromatic N) is 2. The molecule has 0 saturated carbocycles. The van der Waals surface area contributed by atoms with E-state index in [0.717, 1.165) is 11.4 Å². The predicted molar refractivity (Wildman–Crippen MR) is 295 cm³/mol. The lowest BCUT2D eigenvalue weighted by atomic mass is 9.97. The molecule has 69 heavy (non-hydrogen) atoms. The second kappa shape index (κ2) is 16.8. The molecule has 0 N–H and O–H groups in total. The van der Waals surface area contributed by atoms with Crippen molar-refractivity contribution in [3.8, 4) is 44.8 Å². The molecule has 0 radical (unpaired) electrons. The number of aromatic nitrogens is 2. The van der Waals surface area contributed by atoms with E-state index in [1.54, 1.807) is 0 Å². The van der Waals surface area contributed by atoms with Gasteiger partial charge in [-0.3, -0.25) is 0 Å². The summed E-state index contributed by atoms with van der Waals surface area (Å²) in [6.45, 7) is 0. The lowest BCUT2D eigenvalue weighted by Gasteiger charge is -2.34. The SMILES string of the molecule is c1ccc(-c2cccc(-c3ccc4c5cc(-c6ccc7c(c6)c6ccccc6n7-c6ccccc6)ccc5n(-c5ccc([Si](c6ccccc6)(c6ccccc6)c6ccccc6)cc5)c4c3)c2)cc1. The molecule has 0 saturated heterocycles. The molecule has 0 bridgehead atoms. The van der Waals surface area contributed by atoms with E-state index in [1.165, 1.54) is 97.7 Å². The fourth-order valence-electron chi connectivity index (χ4n) is 11.1. The highest BCUT2D eigenvalue weighted by Gasteiger charge is 2.41. The lowest BCUT2D eigenvalue weighted by Crippen LogP contribution is -2.74. The predicted octanol–water partition coefficient (Wildman–Crippen LogP) is 14.3. The average Bonchev–Trinajstić information content (AvgIpc) is 3.94. The fourth-order valence-corrected chi connectivity index (χ4v) is 15.8. The van der Waals surface area contributed by atoms with Crippen LogP contribution in [0.5, 0.6) is 0 Å². The quantitative estimate of drug-likeness (QED) is 0.101. The van der Waals surface area contributed by atoms with E-state index in [9.17, 15) is 0 Å². The summed E-state index contributed by atoms with van der Waals surface area (Å²) in [4.78, 5) is 0. The van der Waals surface area contributed by atoms with Crippen molar-refractivity contribution in [1.82, 2.24) is 9.13 Å². The van der Waals surface area contributed by atoms with E-state index in [0.29, 0.717) is 0 Å². The number of rotatable bonds is 9. The van der Waals surface area contributed by atoms with Gasteiger partial charge in [0, 0.05) is 32.9 Å². The molecule has 11 aromatic carbocycles. The van der Waals surface area contributed by atoms with Crippen molar-refractivity contribution in [2.45, 2.75) is 0 Å². The van der Waals surface area contributed by atoms with Gasteiger partial charge < -0.3 is 9.13 Å². The highest BCUT2D eigenvalue weighted by Crippen LogP contribution is 2.40. The summed E-state index contributed by atoms with van der Waals surface area (Å²) in [7, 11) is -2.71. The zero-order chi connectivity index (χ0) is 45.7. The first-order valence-electron chi connectivity index (χ1n) is 23.8. The second-order valence-corrected chi connectivity index (χ2v) is 21.9. The summed E-state index contributed by atoms with van der Waals surface area (Å²) in [5.41, 5.74) is 14.3. The number of benzene rings is 11. The fraction of sp³-hybridized carbons (Fsp3) is 0. The summed E-state index contributed by atoms with van der Waals surface area (Å²) >= 11 is 0. The van der Waals surface area contributed by atoms with Crippen LogP contribution >= 0.6 is 0 Å². The Morgan fingerprint density at radius 2 is 0.580 bits per heavy atom. The van der Waals surface area contributed by atoms with Crippen LogP contribution in [0.15, 0.2) is 279 Å². The van der Waals surface area contributed by atoms with E-state index < -0.39 is 8.07 Å². The minimum atomic E-state index is -2.71. The van der Waals surface area contributed by atoms with Gasteiger partial charge in [0.15, 0.2) is 8.07 Å². The van der Waals surface area contributed by atoms with E-state index in [2.05, 4.69) is 288 Å². The van der Waals surface area contributed by atoms with Crippen LogP contribution in [0.1, 0.15) is 0 Å². The van der Waals surface area contributed by atoms with Gasteiger partial charge >= 0.3 is 0 Å². The third-order valence-electron chi connectivity index (χ3n) is 14.3. The number of para-hydroxylation sites is 2. The molecule has 0 atom stereocenters. The highest BCUT2D eigenvalue weighted by molar-refractivity contribution is 7.19. The van der Waals surface area contributed by atoms with Crippen LogP contribution in [-0.2, 0) is 0 Å². The molecule has 2 nitrogen and oxygen atoms in total. The van der Waals surface area contributed by atoms with E-state index in [1.807, 2.05) is 0 Å². The number of fused-ring (bicyclic) bond motifs is 6. The van der Waals surface area contributed by atoms with Crippen molar-refractivity contribution in [1.29, 1.82) is 0 Å². The molecular weight excluding hydrogens is 849 g/mol. The molecular formula is C66H46N2Si. The maximum absolute atomic E-state index is 2.71. The summed E-state index contributed by atoms with van der Waals surface area (Å²) in [6.07, 6.45) is 0. The van der Waals surface area contributed by atoms with Gasteiger partial charge in [0.25, 0.3) is 0 Å². The zero-order valence-electron chi connectivity index (χ0n) is 38.0. The normalized spacial score (nSPS) is 11.8. The third-order valence-corrected chi connectivity index (χ3v) is 19.1. The van der Waals surface area contributed by atoms with E-state index in [4.69, 9.17) is 0 Å². The van der Waals surface area contributed by atoms with Crippen LogP contribution in [0.25, 0.3) is 88.4 Å². The second-order valence-electron chi connectivity index (χ2n) is 18.1. The molecule has 324 valence electrons. The number of hydrogen-bond acceptors (Lipinski definition) is 0. The highest BCUT2D eigenvalue weighted by atomic mass is 28.3. The Morgan fingerprint density at radius 1 is 0.203 bits per heavy atom. The monoisotopic (exact) mass is 894 g/mol. The van der Waals surface area contributed by atoms with Crippen molar-refractivity contribution >= 4 is 72.4 Å². The largest absolute Gasteiger partial charge is 0.309 e. The molecule has 2 aromatic heterocycles. The zero-order valence-corrected chi connectivity index (χ0v) is 39.0. The van der Waals surface area contributed by atoms with Gasteiger partial charge in [-0.15, -0.1) is 0 Å². The van der Waals surface area contributed by atoms with Crippen LogP contribution in [-0.4, -0.2) is 17.2 Å². The summed E-state index contributed by atoms with van der Waals surface area (Å²) in [6, 6.07) is 103. The molecule has 13 rings (SSSR count). The molecule has 0 aliphatic heterocycles. The van der Waals surface area contributed by atoms with E-state index in [-0.39, 0.29) is 0 Å². The minimum Gasteiger partial charge on any atom is -0.309 e. The Bertz CT molecular complexity index is 3870. The molecule has 0 aliphatic carbocycles. The summed E-state index contributed by atoms with van der Waals surface area (Å²) in [5.74, 6) is 0. The first-order chi connectivity index (χ1) is 34.2. The van der Waals surface area contributed by atoms with Crippen molar-refractivity contribution in [3.05, 3.63) is 279 Å². The van der Waals surface area contributed by atoms with Gasteiger partial charge in [0.2, 0.25) is 0 Å². The molecule has 3 heteroatoms. The Hall–Kier alpha value is -8.76. The molecule has 0 fully saturated rings. The van der Waals surface area contributed by atoms with E-state index >= 15 is 0 Å². The maximum Gasteiger partial charge on any atom is 0.179 e. The van der Waals surface area contributed by atoms with Crippen LogP contribution in [0, 0.1) is 0 Å². The first-order valence-corrected chi connectivity index (χ1v) is 25.8. The lowest BCUT2D eigenvalue weighted by molar-refractivity contribution is 1.18. The Balaban J connectivity index is 1.00. The maximum atomic E-state index is 2.48. The van der Waals surface area contributed by atoms with Gasteiger partial charge in [0.1, 0.15) is 0 Å². The number of hydrogen-bond donors (Lipinski definition) is 0. The molecule has 13 aromatic rings. The smallest absolute Gasteiger partial charge is 0.179 e. The Labute approximate surface area is 403 Å². The Kier molecular flexibility index (Phi) is 9.88. The van der Waals surface area contributed by atoms with Gasteiger partial charge in [0.05, 0.1) is 22.1 Å². The van der Waals surface area contributed by atoms with Crippen LogP contribution in [0.4, 0.5) is 0 Å². The third kappa shape index (κ3) is 6.78. The van der Waals surface area contributed by atoms with Crippen LogP contribution in [0.2, 0.25) is 0 Å². The summed E-state index contributed by atoms with van der Waals surface area (Å²) < 4.78 is 4.87. The van der Waals surface area contributed by atoms with Crippen LogP contribution in [0.3, 0.4) is 0 Å². The molecule has 2 heterocycles. The Morgan fingerprint density at radius 3 is 1.16 bits per heavy atom. The molecule has 0 amide bonds. The van der Waals surface area contributed by atoms with Crippen molar-refractivity contribution in [2.24, 2.45) is 0 Å². The van der Waals surface area contributed by atoms with Crippen molar-refractivity contribution < 1.29 is 0 Å².